The normalized spacial score (nSPS) is 18.1. The van der Waals surface area contributed by atoms with Gasteiger partial charge in [0.15, 0.2) is 5.82 Å². The number of ether oxygens (including phenoxy) is 2. The maximum Gasteiger partial charge on any atom is 0.282 e. The molecule has 2 aliphatic heterocycles. The second-order valence-electron chi connectivity index (χ2n) is 12.8. The summed E-state index contributed by atoms with van der Waals surface area (Å²) in [7, 11) is 5.98. The number of likely N-dealkylation sites (tertiary alicyclic amines) is 1. The number of anilines is 1. The van der Waals surface area contributed by atoms with Crippen molar-refractivity contribution in [2.24, 2.45) is 11.3 Å². The molecule has 0 saturated carbocycles. The van der Waals surface area contributed by atoms with Crippen LogP contribution in [0.2, 0.25) is 0 Å². The minimum atomic E-state index is -0.503. The van der Waals surface area contributed by atoms with Crippen LogP contribution in [-0.4, -0.2) is 114 Å². The summed E-state index contributed by atoms with van der Waals surface area (Å²) in [5.41, 5.74) is 0.327. The molecule has 0 unspecified atom stereocenters. The zero-order valence-corrected chi connectivity index (χ0v) is 26.5. The van der Waals surface area contributed by atoms with Crippen molar-refractivity contribution in [1.82, 2.24) is 29.9 Å². The van der Waals surface area contributed by atoms with Crippen molar-refractivity contribution in [2.75, 3.05) is 65.4 Å². The van der Waals surface area contributed by atoms with Crippen LogP contribution in [0, 0.1) is 17.2 Å². The summed E-state index contributed by atoms with van der Waals surface area (Å²) < 4.78 is 26.3. The quantitative estimate of drug-likeness (QED) is 0.344. The Morgan fingerprint density at radius 3 is 2.52 bits per heavy atom. The standard InChI is InChI=1S/C31H48FN7O3/c1-9-39(22(4)5)30(40)25-14-23(32)10-11-27(25)42-29-28(33-20-34-35-29)37-13-12-31(17-37)18-38(19-31)26(21(2)3)15-24(41-8)16-36(6)7/h10-11,14,20-22,24,26H,9,12-13,15-19H2,1-8H3/t24-,26+/m1/s1. The largest absolute Gasteiger partial charge is 0.434 e. The van der Waals surface area contributed by atoms with Crippen LogP contribution in [0.1, 0.15) is 57.8 Å². The van der Waals surface area contributed by atoms with Crippen molar-refractivity contribution in [1.29, 1.82) is 0 Å². The fraction of sp³-hybridized carbons (Fsp3) is 0.677. The third-order valence-electron chi connectivity index (χ3n) is 8.63. The van der Waals surface area contributed by atoms with Gasteiger partial charge < -0.3 is 24.2 Å². The Kier molecular flexibility index (Phi) is 10.4. The van der Waals surface area contributed by atoms with Gasteiger partial charge in [-0.15, -0.1) is 10.2 Å². The van der Waals surface area contributed by atoms with Gasteiger partial charge in [-0.05, 0) is 71.8 Å². The van der Waals surface area contributed by atoms with Crippen molar-refractivity contribution in [2.45, 2.75) is 65.6 Å². The molecule has 2 atom stereocenters. The summed E-state index contributed by atoms with van der Waals surface area (Å²) in [4.78, 5) is 26.5. The average Bonchev–Trinajstić information content (AvgIpc) is 3.37. The van der Waals surface area contributed by atoms with E-state index in [1.165, 1.54) is 24.5 Å². The van der Waals surface area contributed by atoms with Crippen LogP contribution in [0.15, 0.2) is 24.5 Å². The van der Waals surface area contributed by atoms with Crippen LogP contribution in [0.5, 0.6) is 11.6 Å². The first-order valence-corrected chi connectivity index (χ1v) is 15.1. The van der Waals surface area contributed by atoms with Crippen LogP contribution in [-0.2, 0) is 4.74 Å². The molecule has 0 aliphatic carbocycles. The zero-order chi connectivity index (χ0) is 30.6. The van der Waals surface area contributed by atoms with E-state index in [9.17, 15) is 9.18 Å². The number of halogens is 1. The topological polar surface area (TPSA) is 87.2 Å². The van der Waals surface area contributed by atoms with Gasteiger partial charge >= 0.3 is 0 Å². The Hall–Kier alpha value is -2.89. The van der Waals surface area contributed by atoms with E-state index >= 15 is 0 Å². The fourth-order valence-electron chi connectivity index (χ4n) is 6.49. The van der Waals surface area contributed by atoms with Gasteiger partial charge in [0.25, 0.3) is 11.8 Å². The molecule has 2 fully saturated rings. The van der Waals surface area contributed by atoms with E-state index < -0.39 is 5.82 Å². The van der Waals surface area contributed by atoms with E-state index in [1.54, 1.807) is 4.90 Å². The van der Waals surface area contributed by atoms with Gasteiger partial charge in [-0.25, -0.2) is 9.37 Å². The lowest BCUT2D eigenvalue weighted by Crippen LogP contribution is -2.62. The molecule has 4 rings (SSSR count). The van der Waals surface area contributed by atoms with Crippen molar-refractivity contribution in [3.63, 3.8) is 0 Å². The molecule has 1 amide bonds. The molecule has 1 aromatic heterocycles. The number of methoxy groups -OCH3 is 1. The lowest BCUT2D eigenvalue weighted by molar-refractivity contribution is -0.0529. The Labute approximate surface area is 250 Å². The number of carbonyl (C=O) groups excluding carboxylic acids is 1. The predicted octanol–water partition coefficient (Wildman–Crippen LogP) is 4.18. The fourth-order valence-corrected chi connectivity index (χ4v) is 6.49. The van der Waals surface area contributed by atoms with Crippen molar-refractivity contribution < 1.29 is 18.7 Å². The summed E-state index contributed by atoms with van der Waals surface area (Å²) in [6, 6.07) is 4.39. The molecular weight excluding hydrogens is 537 g/mol. The first kappa shape index (κ1) is 32.0. The highest BCUT2D eigenvalue weighted by molar-refractivity contribution is 5.97. The third kappa shape index (κ3) is 7.18. The first-order valence-electron chi connectivity index (χ1n) is 15.1. The van der Waals surface area contributed by atoms with E-state index in [2.05, 4.69) is 57.8 Å². The number of nitrogens with zero attached hydrogens (tertiary/aromatic N) is 7. The van der Waals surface area contributed by atoms with Crippen LogP contribution in [0.4, 0.5) is 10.2 Å². The number of hydrogen-bond donors (Lipinski definition) is 0. The predicted molar refractivity (Wildman–Crippen MR) is 162 cm³/mol. The summed E-state index contributed by atoms with van der Waals surface area (Å²) in [6.45, 7) is 15.5. The number of likely N-dealkylation sites (N-methyl/N-ethyl adjacent to an activating group) is 1. The smallest absolute Gasteiger partial charge is 0.282 e. The molecule has 10 nitrogen and oxygen atoms in total. The van der Waals surface area contributed by atoms with Gasteiger partial charge in [0.05, 0.1) is 11.7 Å². The molecule has 1 aromatic carbocycles. The van der Waals surface area contributed by atoms with Crippen molar-refractivity contribution in [3.05, 3.63) is 35.9 Å². The van der Waals surface area contributed by atoms with Crippen LogP contribution in [0.25, 0.3) is 0 Å². The van der Waals surface area contributed by atoms with Crippen molar-refractivity contribution >= 4 is 11.7 Å². The lowest BCUT2D eigenvalue weighted by Gasteiger charge is -2.53. The number of amides is 1. The van der Waals surface area contributed by atoms with Gasteiger partial charge in [-0.2, -0.15) is 0 Å². The number of aromatic nitrogens is 3. The summed E-state index contributed by atoms with van der Waals surface area (Å²) in [5, 5.41) is 8.20. The van der Waals surface area contributed by atoms with Crippen LogP contribution >= 0.6 is 0 Å². The molecule has 0 radical (unpaired) electrons. The Morgan fingerprint density at radius 1 is 1.17 bits per heavy atom. The summed E-state index contributed by atoms with van der Waals surface area (Å²) in [5.74, 6) is 0.764. The molecule has 42 heavy (non-hydrogen) atoms. The molecule has 11 heteroatoms. The van der Waals surface area contributed by atoms with E-state index in [0.29, 0.717) is 24.3 Å². The van der Waals surface area contributed by atoms with E-state index in [4.69, 9.17) is 9.47 Å². The molecule has 232 valence electrons. The Bertz CT molecular complexity index is 1200. The molecule has 0 bridgehead atoms. The lowest BCUT2D eigenvalue weighted by atomic mass is 9.76. The molecule has 2 aliphatic rings. The minimum absolute atomic E-state index is 0.0427. The van der Waals surface area contributed by atoms with Gasteiger partial charge in [-0.3, -0.25) is 9.69 Å². The highest BCUT2D eigenvalue weighted by Crippen LogP contribution is 2.44. The van der Waals surface area contributed by atoms with Gasteiger partial charge in [0, 0.05) is 63.9 Å². The summed E-state index contributed by atoms with van der Waals surface area (Å²) in [6.07, 6.45) is 3.66. The highest BCUT2D eigenvalue weighted by atomic mass is 19.1. The first-order chi connectivity index (χ1) is 20.0. The van der Waals surface area contributed by atoms with Crippen LogP contribution < -0.4 is 9.64 Å². The summed E-state index contributed by atoms with van der Waals surface area (Å²) >= 11 is 0. The average molecular weight is 586 g/mol. The zero-order valence-electron chi connectivity index (χ0n) is 26.5. The SMILES string of the molecule is CCN(C(=O)c1cc(F)ccc1Oc1nncnc1N1CCC2(C1)CN([C@@H](C[C@H](CN(C)C)OC)C(C)C)C2)C(C)C. The minimum Gasteiger partial charge on any atom is -0.434 e. The monoisotopic (exact) mass is 585 g/mol. The maximum absolute atomic E-state index is 14.3. The highest BCUT2D eigenvalue weighted by Gasteiger charge is 2.50. The Morgan fingerprint density at radius 2 is 1.90 bits per heavy atom. The Balaban J connectivity index is 1.48. The number of carbonyl (C=O) groups is 1. The van der Waals surface area contributed by atoms with Gasteiger partial charge in [-0.1, -0.05) is 13.8 Å². The molecule has 1 spiro atoms. The second-order valence-corrected chi connectivity index (χ2v) is 12.8. The molecular formula is C31H48FN7O3. The van der Waals surface area contributed by atoms with Crippen LogP contribution in [0.3, 0.4) is 0 Å². The number of rotatable bonds is 13. The van der Waals surface area contributed by atoms with E-state index in [1.807, 2.05) is 27.9 Å². The third-order valence-corrected chi connectivity index (χ3v) is 8.63. The maximum atomic E-state index is 14.3. The molecule has 0 N–H and O–H groups in total. The van der Waals surface area contributed by atoms with E-state index in [-0.39, 0.29) is 40.7 Å². The molecule has 2 aromatic rings. The molecule has 3 heterocycles. The second kappa shape index (κ2) is 13.6. The van der Waals surface area contributed by atoms with Crippen molar-refractivity contribution in [3.8, 4) is 11.6 Å². The number of benzene rings is 1. The molecule has 2 saturated heterocycles. The van der Waals surface area contributed by atoms with Gasteiger partial charge in [0.1, 0.15) is 17.9 Å². The number of hydrogen-bond acceptors (Lipinski definition) is 9. The van der Waals surface area contributed by atoms with E-state index in [0.717, 1.165) is 45.6 Å². The van der Waals surface area contributed by atoms with Gasteiger partial charge in [0.2, 0.25) is 0 Å².